The van der Waals surface area contributed by atoms with Crippen LogP contribution in [-0.4, -0.2) is 46.0 Å². The Labute approximate surface area is 298 Å². The molecule has 0 aliphatic heterocycles. The second kappa shape index (κ2) is 17.4. The van der Waals surface area contributed by atoms with Gasteiger partial charge < -0.3 is 14.2 Å². The fraction of sp³-hybridized carbons (Fsp3) is 0.286. The van der Waals surface area contributed by atoms with Crippen molar-refractivity contribution in [3.63, 3.8) is 0 Å². The van der Waals surface area contributed by atoms with Crippen LogP contribution in [0.5, 0.6) is 11.5 Å². The first-order chi connectivity index (χ1) is 24.6. The van der Waals surface area contributed by atoms with Crippen molar-refractivity contribution in [2.75, 3.05) is 5.32 Å². The lowest BCUT2D eigenvalue weighted by Gasteiger charge is -2.20. The summed E-state index contributed by atoms with van der Waals surface area (Å²) >= 11 is 0. The Hall–Kier alpha value is -6.16. The number of anilines is 1. The van der Waals surface area contributed by atoms with Crippen molar-refractivity contribution in [3.8, 4) is 11.5 Å². The molecule has 12 nitrogen and oxygen atoms in total. The molecular weight excluding hydrogens is 714 g/mol. The van der Waals surface area contributed by atoms with Gasteiger partial charge in [-0.05, 0) is 87.7 Å². The minimum Gasteiger partial charge on any atom is -0.444 e. The lowest BCUT2D eigenvalue weighted by molar-refractivity contribution is -0.275. The number of ether oxygens (including phenoxy) is 3. The molecule has 0 aliphatic carbocycles. The third-order valence-corrected chi connectivity index (χ3v) is 6.56. The number of alkyl halides is 6. The monoisotopic (exact) mass is 746 g/mol. The fourth-order valence-electron chi connectivity index (χ4n) is 4.33. The summed E-state index contributed by atoms with van der Waals surface area (Å²) in [6, 6.07) is 12.7. The number of benzene rings is 2. The van der Waals surface area contributed by atoms with E-state index in [1.54, 1.807) is 40.7 Å². The summed E-state index contributed by atoms with van der Waals surface area (Å²) < 4.78 is 86.5. The van der Waals surface area contributed by atoms with Gasteiger partial charge in [0.1, 0.15) is 17.1 Å². The Morgan fingerprint density at radius 2 is 1.23 bits per heavy atom. The molecule has 0 fully saturated rings. The predicted octanol–water partition coefficient (Wildman–Crippen LogP) is 9.72. The number of aryl methyl sites for hydroxylation is 2. The SMILES string of the molecule is Cc1ncc(CC(=O)c2cccc(OC(F)(F)F)c2)cc1N=[N+]=[N-].Cc1ncc(CC(=O)c2cccc(OC(F)(F)F)c2)cc1NC(=O)OC(C)(C)C. The van der Waals surface area contributed by atoms with E-state index >= 15 is 0 Å². The van der Waals surface area contributed by atoms with Crippen molar-refractivity contribution in [2.24, 2.45) is 5.11 Å². The minimum atomic E-state index is -4.84. The summed E-state index contributed by atoms with van der Waals surface area (Å²) in [5.41, 5.74) is 10.6. The fourth-order valence-corrected chi connectivity index (χ4v) is 4.33. The number of rotatable bonds is 10. The molecule has 2 aromatic carbocycles. The van der Waals surface area contributed by atoms with Crippen molar-refractivity contribution in [1.29, 1.82) is 0 Å². The second-order valence-electron chi connectivity index (χ2n) is 12.1. The molecule has 0 bridgehead atoms. The van der Waals surface area contributed by atoms with E-state index in [4.69, 9.17) is 10.3 Å². The summed E-state index contributed by atoms with van der Waals surface area (Å²) in [6.45, 7) is 8.50. The number of Topliss-reactive ketones (excluding diaryl/α,β-unsaturated/α-hetero) is 2. The van der Waals surface area contributed by atoms with E-state index in [9.17, 15) is 40.7 Å². The summed E-state index contributed by atoms with van der Waals surface area (Å²) in [5.74, 6) is -1.78. The Bertz CT molecular complexity index is 2010. The normalized spacial score (nSPS) is 11.3. The van der Waals surface area contributed by atoms with Crippen molar-refractivity contribution in [3.05, 3.63) is 117 Å². The van der Waals surface area contributed by atoms with Crippen LogP contribution < -0.4 is 14.8 Å². The first-order valence-corrected chi connectivity index (χ1v) is 15.3. The number of nitrogens with zero attached hydrogens (tertiary/aromatic N) is 5. The Morgan fingerprint density at radius 1 is 0.755 bits per heavy atom. The van der Waals surface area contributed by atoms with Crippen molar-refractivity contribution in [1.82, 2.24) is 9.97 Å². The van der Waals surface area contributed by atoms with Crippen molar-refractivity contribution < 1.29 is 54.9 Å². The predicted molar refractivity (Wildman–Crippen MR) is 179 cm³/mol. The molecule has 1 N–H and O–H groups in total. The third kappa shape index (κ3) is 14.5. The van der Waals surface area contributed by atoms with Crippen LogP contribution in [0.25, 0.3) is 10.4 Å². The van der Waals surface area contributed by atoms with Crippen LogP contribution in [0.3, 0.4) is 0 Å². The van der Waals surface area contributed by atoms with E-state index in [0.717, 1.165) is 24.3 Å². The highest BCUT2D eigenvalue weighted by Gasteiger charge is 2.32. The van der Waals surface area contributed by atoms with Gasteiger partial charge in [-0.2, -0.15) is 0 Å². The van der Waals surface area contributed by atoms with Gasteiger partial charge in [0.05, 0.1) is 17.1 Å². The van der Waals surface area contributed by atoms with Crippen LogP contribution in [0.4, 0.5) is 42.5 Å². The zero-order valence-electron chi connectivity index (χ0n) is 28.8. The van der Waals surface area contributed by atoms with Crippen molar-refractivity contribution in [2.45, 2.75) is 65.8 Å². The highest BCUT2D eigenvalue weighted by molar-refractivity contribution is 5.98. The van der Waals surface area contributed by atoms with Crippen LogP contribution in [0, 0.1) is 13.8 Å². The Morgan fingerprint density at radius 3 is 1.68 bits per heavy atom. The smallest absolute Gasteiger partial charge is 0.444 e. The van der Waals surface area contributed by atoms with Gasteiger partial charge in [0, 0.05) is 47.0 Å². The average molecular weight is 747 g/mol. The van der Waals surface area contributed by atoms with Gasteiger partial charge in [0.25, 0.3) is 0 Å². The van der Waals surface area contributed by atoms with E-state index < -0.39 is 47.5 Å². The molecule has 53 heavy (non-hydrogen) atoms. The maximum Gasteiger partial charge on any atom is 0.573 e. The Balaban J connectivity index is 0.000000290. The first kappa shape index (κ1) is 41.3. The number of pyridine rings is 2. The van der Waals surface area contributed by atoms with Crippen molar-refractivity contribution >= 4 is 29.0 Å². The van der Waals surface area contributed by atoms with E-state index in [-0.39, 0.29) is 29.7 Å². The molecule has 2 aromatic heterocycles. The number of carbonyl (C=O) groups is 3. The third-order valence-electron chi connectivity index (χ3n) is 6.56. The molecule has 4 aromatic rings. The topological polar surface area (TPSA) is 165 Å². The number of ketones is 2. The van der Waals surface area contributed by atoms with Crippen LogP contribution in [0.2, 0.25) is 0 Å². The average Bonchev–Trinajstić information content (AvgIpc) is 3.02. The lowest BCUT2D eigenvalue weighted by Crippen LogP contribution is -2.27. The maximum atomic E-state index is 12.5. The van der Waals surface area contributed by atoms with Crippen LogP contribution in [0.1, 0.15) is 64.0 Å². The summed E-state index contributed by atoms with van der Waals surface area (Å²) in [4.78, 5) is 47.5. The number of aromatic nitrogens is 2. The number of halogens is 6. The quantitative estimate of drug-likeness (QED) is 0.0551. The molecule has 0 unspecified atom stereocenters. The van der Waals surface area contributed by atoms with Gasteiger partial charge >= 0.3 is 18.8 Å². The Kier molecular flexibility index (Phi) is 13.5. The van der Waals surface area contributed by atoms with Gasteiger partial charge in [-0.3, -0.25) is 24.9 Å². The van der Waals surface area contributed by atoms with E-state index in [2.05, 4.69) is 34.8 Å². The molecule has 4 rings (SSSR count). The lowest BCUT2D eigenvalue weighted by atomic mass is 10.0. The minimum absolute atomic E-state index is 0.0639. The van der Waals surface area contributed by atoms with E-state index in [0.29, 0.717) is 28.2 Å². The van der Waals surface area contributed by atoms with Gasteiger partial charge in [0.2, 0.25) is 0 Å². The zero-order chi connectivity index (χ0) is 39.6. The molecule has 0 spiro atoms. The second-order valence-corrected chi connectivity index (χ2v) is 12.1. The van der Waals surface area contributed by atoms with Crippen LogP contribution in [0.15, 0.2) is 78.2 Å². The van der Waals surface area contributed by atoms with Crippen LogP contribution in [-0.2, 0) is 17.6 Å². The van der Waals surface area contributed by atoms with Gasteiger partial charge in [-0.1, -0.05) is 29.4 Å². The summed E-state index contributed by atoms with van der Waals surface area (Å²) in [7, 11) is 0. The maximum absolute atomic E-state index is 12.5. The standard InChI is InChI=1S/C20H21F3N2O4.C15H11F3N4O2/c1-12-16(25-18(27)29-19(2,3)4)8-13(11-24-12)9-17(26)14-6-5-7-15(10-14)28-20(21,22)23;1-9-13(21-22-19)5-10(8-20-9)6-14(23)11-3-2-4-12(7-11)24-15(16,17)18/h5-8,10-11H,9H2,1-4H3,(H,25,27);2-5,7-8H,6H2,1H3. The van der Waals surface area contributed by atoms with Crippen LogP contribution >= 0.6 is 0 Å². The molecular formula is C35H32F6N6O6. The van der Waals surface area contributed by atoms with E-state index in [1.165, 1.54) is 42.7 Å². The number of azide groups is 1. The molecule has 0 atom stereocenters. The summed E-state index contributed by atoms with van der Waals surface area (Å²) in [5, 5.41) is 6.04. The van der Waals surface area contributed by atoms with Gasteiger partial charge in [-0.15, -0.1) is 26.3 Å². The van der Waals surface area contributed by atoms with Gasteiger partial charge in [-0.25, -0.2) is 4.79 Å². The molecule has 280 valence electrons. The molecule has 18 heteroatoms. The molecule has 2 heterocycles. The largest absolute Gasteiger partial charge is 0.573 e. The number of carbonyl (C=O) groups excluding carboxylic acids is 3. The zero-order valence-corrected chi connectivity index (χ0v) is 28.8. The number of hydrogen-bond donors (Lipinski definition) is 1. The van der Waals surface area contributed by atoms with E-state index in [1.807, 2.05) is 0 Å². The first-order valence-electron chi connectivity index (χ1n) is 15.3. The summed E-state index contributed by atoms with van der Waals surface area (Å²) in [6.07, 6.45) is -7.65. The number of amides is 1. The number of hydrogen-bond acceptors (Lipinski definition) is 9. The molecule has 1 amide bonds. The molecule has 0 saturated carbocycles. The number of nitrogens with one attached hydrogen (secondary N) is 1. The highest BCUT2D eigenvalue weighted by Crippen LogP contribution is 2.26. The van der Waals surface area contributed by atoms with Gasteiger partial charge in [0.15, 0.2) is 11.6 Å². The molecule has 0 saturated heterocycles. The molecule has 0 radical (unpaired) electrons. The highest BCUT2D eigenvalue weighted by atomic mass is 19.4. The molecule has 0 aliphatic rings.